The molecule has 1 aromatic rings. The second-order valence-corrected chi connectivity index (χ2v) is 9.43. The number of rotatable bonds is 4. The van der Waals surface area contributed by atoms with Crippen LogP contribution in [0.2, 0.25) is 0 Å². The highest BCUT2D eigenvalue weighted by Crippen LogP contribution is 2.37. The van der Waals surface area contributed by atoms with Gasteiger partial charge >= 0.3 is 0 Å². The van der Waals surface area contributed by atoms with Crippen molar-refractivity contribution in [2.24, 2.45) is 5.73 Å². The summed E-state index contributed by atoms with van der Waals surface area (Å²) in [4.78, 5) is 4.99. The summed E-state index contributed by atoms with van der Waals surface area (Å²) in [6.45, 7) is 20.4. The summed E-state index contributed by atoms with van der Waals surface area (Å²) in [5.41, 5.74) is 9.63. The zero-order valence-electron chi connectivity index (χ0n) is 17.0. The van der Waals surface area contributed by atoms with Gasteiger partial charge in [0.15, 0.2) is 0 Å². The summed E-state index contributed by atoms with van der Waals surface area (Å²) in [6.07, 6.45) is 0. The average Bonchev–Trinajstić information content (AvgIpc) is 2.48. The van der Waals surface area contributed by atoms with Crippen LogP contribution in [0.3, 0.4) is 0 Å². The van der Waals surface area contributed by atoms with Crippen molar-refractivity contribution in [3.05, 3.63) is 28.8 Å². The Labute approximate surface area is 154 Å². The van der Waals surface area contributed by atoms with Crippen LogP contribution in [-0.2, 0) is 17.4 Å². The van der Waals surface area contributed by atoms with Gasteiger partial charge in [-0.15, -0.1) is 0 Å². The lowest BCUT2D eigenvalue weighted by molar-refractivity contribution is 0.129. The van der Waals surface area contributed by atoms with Crippen molar-refractivity contribution in [3.8, 4) is 5.75 Å². The maximum absolute atomic E-state index is 10.3. The fraction of sp³-hybridized carbons (Fsp3) is 0.714. The third-order valence-corrected chi connectivity index (χ3v) is 5.14. The number of hydrogen-bond donors (Lipinski definition) is 2. The third-order valence-electron chi connectivity index (χ3n) is 5.14. The molecule has 1 heterocycles. The monoisotopic (exact) mass is 347 g/mol. The van der Waals surface area contributed by atoms with Gasteiger partial charge < -0.3 is 10.8 Å². The minimum Gasteiger partial charge on any atom is -0.508 e. The summed E-state index contributed by atoms with van der Waals surface area (Å²) >= 11 is 0. The van der Waals surface area contributed by atoms with Crippen LogP contribution in [0.4, 0.5) is 0 Å². The Morgan fingerprint density at radius 1 is 0.880 bits per heavy atom. The van der Waals surface area contributed by atoms with E-state index >= 15 is 0 Å². The molecule has 1 aliphatic rings. The van der Waals surface area contributed by atoms with E-state index < -0.39 is 0 Å². The fourth-order valence-corrected chi connectivity index (χ4v) is 3.74. The van der Waals surface area contributed by atoms with Gasteiger partial charge in [0, 0.05) is 45.8 Å². The second-order valence-electron chi connectivity index (χ2n) is 9.43. The predicted molar refractivity (Wildman–Crippen MR) is 106 cm³/mol. The van der Waals surface area contributed by atoms with E-state index in [9.17, 15) is 5.11 Å². The minimum atomic E-state index is 0.00937. The van der Waals surface area contributed by atoms with Crippen LogP contribution in [0.1, 0.15) is 58.2 Å². The van der Waals surface area contributed by atoms with Crippen LogP contribution < -0.4 is 5.73 Å². The lowest BCUT2D eigenvalue weighted by atomic mass is 9.76. The van der Waals surface area contributed by atoms with Gasteiger partial charge in [-0.1, -0.05) is 41.5 Å². The first-order valence-corrected chi connectivity index (χ1v) is 9.54. The summed E-state index contributed by atoms with van der Waals surface area (Å²) < 4.78 is 0. The number of nitrogens with zero attached hydrogens (tertiary/aromatic N) is 2. The van der Waals surface area contributed by atoms with Crippen molar-refractivity contribution in [1.29, 1.82) is 0 Å². The highest BCUT2D eigenvalue weighted by Gasteiger charge is 2.28. The first-order valence-electron chi connectivity index (χ1n) is 9.54. The summed E-state index contributed by atoms with van der Waals surface area (Å²) in [5.74, 6) is 0.381. The molecular weight excluding hydrogens is 310 g/mol. The first kappa shape index (κ1) is 20.2. The number of nitrogens with two attached hydrogens (primary N) is 1. The molecule has 1 saturated heterocycles. The van der Waals surface area contributed by atoms with Crippen LogP contribution in [-0.4, -0.2) is 54.2 Å². The molecular formula is C21H37N3O. The van der Waals surface area contributed by atoms with Crippen molar-refractivity contribution >= 4 is 0 Å². The van der Waals surface area contributed by atoms with E-state index in [1.54, 1.807) is 0 Å². The van der Waals surface area contributed by atoms with E-state index in [4.69, 9.17) is 5.73 Å². The molecule has 1 aromatic carbocycles. The van der Waals surface area contributed by atoms with Gasteiger partial charge in [0.1, 0.15) is 5.75 Å². The first-order chi connectivity index (χ1) is 11.5. The quantitative estimate of drug-likeness (QED) is 0.879. The van der Waals surface area contributed by atoms with E-state index in [0.717, 1.165) is 45.8 Å². The molecule has 1 aliphatic heterocycles. The van der Waals surface area contributed by atoms with Crippen molar-refractivity contribution in [2.75, 3.05) is 39.3 Å². The van der Waals surface area contributed by atoms with E-state index in [1.807, 2.05) is 12.1 Å². The average molecular weight is 348 g/mol. The van der Waals surface area contributed by atoms with Crippen LogP contribution >= 0.6 is 0 Å². The van der Waals surface area contributed by atoms with Crippen molar-refractivity contribution in [3.63, 3.8) is 0 Å². The van der Waals surface area contributed by atoms with Gasteiger partial charge in [-0.2, -0.15) is 0 Å². The summed E-state index contributed by atoms with van der Waals surface area (Å²) in [6, 6.07) is 3.94. The topological polar surface area (TPSA) is 52.7 Å². The molecule has 0 aliphatic carbocycles. The molecule has 4 nitrogen and oxygen atoms in total. The molecule has 0 amide bonds. The van der Waals surface area contributed by atoms with Gasteiger partial charge in [0.2, 0.25) is 0 Å². The lowest BCUT2D eigenvalue weighted by Gasteiger charge is -2.37. The van der Waals surface area contributed by atoms with Gasteiger partial charge in [0.05, 0.1) is 0 Å². The number of piperazine rings is 1. The Kier molecular flexibility index (Phi) is 6.18. The summed E-state index contributed by atoms with van der Waals surface area (Å²) in [5, 5.41) is 10.3. The largest absolute Gasteiger partial charge is 0.508 e. The lowest BCUT2D eigenvalue weighted by Crippen LogP contribution is -2.47. The highest BCUT2D eigenvalue weighted by molar-refractivity contribution is 5.47. The molecule has 0 spiro atoms. The number of hydrogen-bond acceptors (Lipinski definition) is 4. The molecule has 0 saturated carbocycles. The Balaban J connectivity index is 2.32. The van der Waals surface area contributed by atoms with Crippen molar-refractivity contribution in [2.45, 2.75) is 58.9 Å². The maximum atomic E-state index is 10.3. The van der Waals surface area contributed by atoms with E-state index in [0.29, 0.717) is 5.75 Å². The molecule has 0 radical (unpaired) electrons. The van der Waals surface area contributed by atoms with Crippen LogP contribution in [0, 0.1) is 0 Å². The van der Waals surface area contributed by atoms with Crippen LogP contribution in [0.5, 0.6) is 5.75 Å². The highest BCUT2D eigenvalue weighted by atomic mass is 16.3. The molecule has 3 N–H and O–H groups in total. The molecule has 1 fully saturated rings. The molecule has 25 heavy (non-hydrogen) atoms. The standard InChI is InChI=1S/C21H37N3O/c1-20(2,3)18-13-16(25)14-19(21(4,5)6)17(18)15-24-11-9-23(8-7-22)10-12-24/h13-14,25H,7-12,15,22H2,1-6H3. The second kappa shape index (κ2) is 7.65. The van der Waals surface area contributed by atoms with Gasteiger partial charge in [-0.3, -0.25) is 9.80 Å². The van der Waals surface area contributed by atoms with Gasteiger partial charge in [0.25, 0.3) is 0 Å². The maximum Gasteiger partial charge on any atom is 0.116 e. The van der Waals surface area contributed by atoms with Crippen molar-refractivity contribution < 1.29 is 5.11 Å². The molecule has 0 unspecified atom stereocenters. The Morgan fingerprint density at radius 3 is 1.72 bits per heavy atom. The van der Waals surface area contributed by atoms with Crippen LogP contribution in [0.25, 0.3) is 0 Å². The summed E-state index contributed by atoms with van der Waals surface area (Å²) in [7, 11) is 0. The minimum absolute atomic E-state index is 0.00937. The van der Waals surface area contributed by atoms with E-state index in [1.165, 1.54) is 16.7 Å². The number of phenolic OH excluding ortho intramolecular Hbond substituents is 1. The Bertz CT molecular complexity index is 541. The Hall–Kier alpha value is -1.10. The fourth-order valence-electron chi connectivity index (χ4n) is 3.74. The normalized spacial score (nSPS) is 17.9. The van der Waals surface area contributed by atoms with E-state index in [2.05, 4.69) is 51.3 Å². The molecule has 0 atom stereocenters. The van der Waals surface area contributed by atoms with Crippen molar-refractivity contribution in [1.82, 2.24) is 9.80 Å². The third kappa shape index (κ3) is 5.19. The van der Waals surface area contributed by atoms with Gasteiger partial charge in [-0.05, 0) is 39.7 Å². The predicted octanol–water partition coefficient (Wildman–Crippen LogP) is 3.06. The molecule has 0 aromatic heterocycles. The van der Waals surface area contributed by atoms with Crippen LogP contribution in [0.15, 0.2) is 12.1 Å². The number of aromatic hydroxyl groups is 1. The van der Waals surface area contributed by atoms with Gasteiger partial charge in [-0.25, -0.2) is 0 Å². The number of benzene rings is 1. The Morgan fingerprint density at radius 2 is 1.32 bits per heavy atom. The SMILES string of the molecule is CC(C)(C)c1cc(O)cc(C(C)(C)C)c1CN1CCN(CCN)CC1. The molecule has 142 valence electrons. The smallest absolute Gasteiger partial charge is 0.116 e. The molecule has 2 rings (SSSR count). The van der Waals surface area contributed by atoms with E-state index in [-0.39, 0.29) is 10.8 Å². The molecule has 0 bridgehead atoms. The molecule has 4 heteroatoms. The zero-order valence-corrected chi connectivity index (χ0v) is 17.0. The number of phenols is 1. The zero-order chi connectivity index (χ0) is 18.8.